The summed E-state index contributed by atoms with van der Waals surface area (Å²) in [6.45, 7) is 0. The van der Waals surface area contributed by atoms with Gasteiger partial charge in [0.1, 0.15) is 0 Å². The number of allylic oxidation sites excluding steroid dienone is 1. The molecule has 0 fully saturated rings. The number of Topliss-reactive ketones (excluding diaryl/α,β-unsaturated/α-hetero) is 1. The molecule has 0 aliphatic heterocycles. The van der Waals surface area contributed by atoms with E-state index < -0.39 is 9.85 Å². The molecule has 0 aromatic heterocycles. The second-order valence-electron chi connectivity index (χ2n) is 5.44. The van der Waals surface area contributed by atoms with Crippen LogP contribution in [-0.4, -0.2) is 34.6 Å². The molecule has 0 aliphatic rings. The average molecular weight is 341 g/mol. The number of ketones is 1. The van der Waals surface area contributed by atoms with Crippen LogP contribution in [0.1, 0.15) is 15.9 Å². The lowest BCUT2D eigenvalue weighted by Crippen LogP contribution is -2.09. The standard InChI is InChI=1S/C17H15N3O5/c1-18(2)11-16(12-3-7-14(8-4-12)19(22)23)17(21)13-5-9-15(10-6-13)20(24)25/h3-11H,1-2H3/b16-11+. The van der Waals surface area contributed by atoms with Crippen molar-refractivity contribution in [1.82, 2.24) is 4.90 Å². The smallest absolute Gasteiger partial charge is 0.269 e. The molecule has 8 nitrogen and oxygen atoms in total. The number of rotatable bonds is 6. The van der Waals surface area contributed by atoms with Crippen LogP contribution in [0.25, 0.3) is 5.57 Å². The molecule has 0 spiro atoms. The number of nitrogens with zero attached hydrogens (tertiary/aromatic N) is 3. The van der Waals surface area contributed by atoms with E-state index in [1.165, 1.54) is 48.5 Å². The highest BCUT2D eigenvalue weighted by Crippen LogP contribution is 2.24. The molecule has 0 radical (unpaired) electrons. The van der Waals surface area contributed by atoms with Crippen molar-refractivity contribution in [3.8, 4) is 0 Å². The van der Waals surface area contributed by atoms with Crippen LogP contribution in [0, 0.1) is 20.2 Å². The minimum atomic E-state index is -0.541. The summed E-state index contributed by atoms with van der Waals surface area (Å²) >= 11 is 0. The summed E-state index contributed by atoms with van der Waals surface area (Å²) in [6.07, 6.45) is 1.60. The quantitative estimate of drug-likeness (QED) is 0.345. The summed E-state index contributed by atoms with van der Waals surface area (Å²) in [5.74, 6) is -0.336. The van der Waals surface area contributed by atoms with Gasteiger partial charge in [0.15, 0.2) is 5.78 Å². The molecule has 8 heteroatoms. The minimum Gasteiger partial charge on any atom is -0.383 e. The molecule has 0 atom stereocenters. The Labute approximate surface area is 143 Å². The van der Waals surface area contributed by atoms with E-state index in [2.05, 4.69) is 0 Å². The molecule has 0 aliphatic carbocycles. The van der Waals surface area contributed by atoms with Gasteiger partial charge in [0.25, 0.3) is 11.4 Å². The highest BCUT2D eigenvalue weighted by atomic mass is 16.6. The molecule has 0 unspecified atom stereocenters. The van der Waals surface area contributed by atoms with Crippen molar-refractivity contribution in [2.45, 2.75) is 0 Å². The normalized spacial score (nSPS) is 11.0. The molecule has 2 aromatic carbocycles. The SMILES string of the molecule is CN(C)/C=C(/C(=O)c1ccc([N+](=O)[O-])cc1)c1ccc([N+](=O)[O-])cc1. The van der Waals surface area contributed by atoms with E-state index in [0.717, 1.165) is 0 Å². The van der Waals surface area contributed by atoms with Gasteiger partial charge in [-0.2, -0.15) is 0 Å². The molecule has 2 aromatic rings. The van der Waals surface area contributed by atoms with Gasteiger partial charge < -0.3 is 4.90 Å². The van der Waals surface area contributed by atoms with Gasteiger partial charge in [0, 0.05) is 55.7 Å². The third-order valence-corrected chi connectivity index (χ3v) is 3.36. The van der Waals surface area contributed by atoms with Gasteiger partial charge >= 0.3 is 0 Å². The zero-order valence-electron chi connectivity index (χ0n) is 13.6. The van der Waals surface area contributed by atoms with E-state index in [4.69, 9.17) is 0 Å². The molecule has 0 amide bonds. The second-order valence-corrected chi connectivity index (χ2v) is 5.44. The zero-order chi connectivity index (χ0) is 18.6. The number of carbonyl (C=O) groups is 1. The van der Waals surface area contributed by atoms with Gasteiger partial charge in [-0.1, -0.05) is 0 Å². The molecule has 0 heterocycles. The highest BCUT2D eigenvalue weighted by Gasteiger charge is 2.17. The number of non-ortho nitro benzene ring substituents is 2. The predicted molar refractivity (Wildman–Crippen MR) is 92.2 cm³/mol. The maximum atomic E-state index is 12.8. The van der Waals surface area contributed by atoms with Gasteiger partial charge in [0.2, 0.25) is 0 Å². The van der Waals surface area contributed by atoms with Crippen molar-refractivity contribution < 1.29 is 14.6 Å². The van der Waals surface area contributed by atoms with Gasteiger partial charge in [-0.15, -0.1) is 0 Å². The van der Waals surface area contributed by atoms with E-state index >= 15 is 0 Å². The Morgan fingerprint density at radius 2 is 1.24 bits per heavy atom. The third-order valence-electron chi connectivity index (χ3n) is 3.36. The van der Waals surface area contributed by atoms with Crippen LogP contribution < -0.4 is 0 Å². The van der Waals surface area contributed by atoms with Crippen LogP contribution in [0.3, 0.4) is 0 Å². The topological polar surface area (TPSA) is 107 Å². The Kier molecular flexibility index (Phi) is 5.23. The van der Waals surface area contributed by atoms with Gasteiger partial charge in [-0.05, 0) is 29.8 Å². The summed E-state index contributed by atoms with van der Waals surface area (Å²) in [5, 5.41) is 21.5. The number of nitro groups is 2. The summed E-state index contributed by atoms with van der Waals surface area (Å²) in [4.78, 5) is 34.9. The third kappa shape index (κ3) is 4.25. The first kappa shape index (κ1) is 17.8. The fourth-order valence-electron chi connectivity index (χ4n) is 2.18. The monoisotopic (exact) mass is 341 g/mol. The Morgan fingerprint density at radius 3 is 1.60 bits per heavy atom. The number of nitro benzene ring substituents is 2. The molecular weight excluding hydrogens is 326 g/mol. The Hall–Kier alpha value is -3.55. The molecule has 128 valence electrons. The molecule has 25 heavy (non-hydrogen) atoms. The van der Waals surface area contributed by atoms with E-state index in [1.54, 1.807) is 25.2 Å². The number of hydrogen-bond acceptors (Lipinski definition) is 6. The number of hydrogen-bond donors (Lipinski definition) is 0. The molecule has 2 rings (SSSR count). The van der Waals surface area contributed by atoms with Gasteiger partial charge in [-0.3, -0.25) is 25.0 Å². The fourth-order valence-corrected chi connectivity index (χ4v) is 2.18. The van der Waals surface area contributed by atoms with Crippen LogP contribution in [-0.2, 0) is 0 Å². The van der Waals surface area contributed by atoms with Crippen molar-refractivity contribution in [3.63, 3.8) is 0 Å². The van der Waals surface area contributed by atoms with Crippen molar-refractivity contribution in [2.75, 3.05) is 14.1 Å². The van der Waals surface area contributed by atoms with Crippen LogP contribution in [0.4, 0.5) is 11.4 Å². The summed E-state index contributed by atoms with van der Waals surface area (Å²) in [7, 11) is 3.49. The minimum absolute atomic E-state index is 0.0734. The molecule has 0 saturated carbocycles. The lowest BCUT2D eigenvalue weighted by atomic mass is 9.97. The number of benzene rings is 2. The number of carbonyl (C=O) groups excluding carboxylic acids is 1. The first-order chi connectivity index (χ1) is 11.8. The lowest BCUT2D eigenvalue weighted by molar-refractivity contribution is -0.385. The average Bonchev–Trinajstić information content (AvgIpc) is 2.59. The van der Waals surface area contributed by atoms with Crippen molar-refractivity contribution >= 4 is 22.7 Å². The van der Waals surface area contributed by atoms with Crippen molar-refractivity contribution in [1.29, 1.82) is 0 Å². The highest BCUT2D eigenvalue weighted by molar-refractivity contribution is 6.28. The zero-order valence-corrected chi connectivity index (χ0v) is 13.6. The van der Waals surface area contributed by atoms with E-state index in [9.17, 15) is 25.0 Å². The molecular formula is C17H15N3O5. The van der Waals surface area contributed by atoms with Crippen molar-refractivity contribution in [2.24, 2.45) is 0 Å². The Bertz CT molecular complexity index is 840. The maximum absolute atomic E-state index is 12.8. The van der Waals surface area contributed by atoms with Crippen LogP contribution >= 0.6 is 0 Å². The van der Waals surface area contributed by atoms with Crippen LogP contribution in [0.2, 0.25) is 0 Å². The first-order valence-electron chi connectivity index (χ1n) is 7.22. The lowest BCUT2D eigenvalue weighted by Gasteiger charge is -2.12. The predicted octanol–water partition coefficient (Wildman–Crippen LogP) is 3.29. The van der Waals surface area contributed by atoms with Crippen molar-refractivity contribution in [3.05, 3.63) is 86.1 Å². The maximum Gasteiger partial charge on any atom is 0.269 e. The Morgan fingerprint density at radius 1 is 0.840 bits per heavy atom. The van der Waals surface area contributed by atoms with Gasteiger partial charge in [-0.25, -0.2) is 0 Å². The molecule has 0 saturated heterocycles. The molecule has 0 bridgehead atoms. The largest absolute Gasteiger partial charge is 0.383 e. The Balaban J connectivity index is 2.41. The van der Waals surface area contributed by atoms with Crippen LogP contribution in [0.15, 0.2) is 54.7 Å². The first-order valence-corrected chi connectivity index (χ1v) is 7.22. The van der Waals surface area contributed by atoms with E-state index in [1.807, 2.05) is 0 Å². The van der Waals surface area contributed by atoms with Crippen LogP contribution in [0.5, 0.6) is 0 Å². The van der Waals surface area contributed by atoms with E-state index in [0.29, 0.717) is 11.1 Å². The fraction of sp³-hybridized carbons (Fsp3) is 0.118. The summed E-state index contributed by atoms with van der Waals surface area (Å²) < 4.78 is 0. The molecule has 0 N–H and O–H groups in total. The summed E-state index contributed by atoms with van der Waals surface area (Å²) in [5.41, 5.74) is 0.953. The second kappa shape index (κ2) is 7.35. The van der Waals surface area contributed by atoms with E-state index in [-0.39, 0.29) is 22.7 Å². The van der Waals surface area contributed by atoms with Gasteiger partial charge in [0.05, 0.1) is 9.85 Å². The summed E-state index contributed by atoms with van der Waals surface area (Å²) in [6, 6.07) is 10.9.